The largest absolute Gasteiger partial charge is 0.347 e. The lowest BCUT2D eigenvalue weighted by molar-refractivity contribution is 0.311. The summed E-state index contributed by atoms with van der Waals surface area (Å²) in [5, 5.41) is 3.25. The molecule has 2 aromatic rings. The molecule has 0 amide bonds. The van der Waals surface area contributed by atoms with E-state index in [2.05, 4.69) is 20.2 Å². The summed E-state index contributed by atoms with van der Waals surface area (Å²) in [5.41, 5.74) is 1.10. The van der Waals surface area contributed by atoms with Crippen LogP contribution in [0, 0.1) is 6.92 Å². The summed E-state index contributed by atoms with van der Waals surface area (Å²) in [6, 6.07) is 9.76. The van der Waals surface area contributed by atoms with Crippen molar-refractivity contribution in [2.45, 2.75) is 18.2 Å². The van der Waals surface area contributed by atoms with Gasteiger partial charge < -0.3 is 9.80 Å². The lowest BCUT2D eigenvalue weighted by Gasteiger charge is -2.21. The van der Waals surface area contributed by atoms with Crippen LogP contribution in [0.15, 0.2) is 40.6 Å². The molecule has 0 radical (unpaired) electrons. The monoisotopic (exact) mass is 349 g/mol. The van der Waals surface area contributed by atoms with Crippen LogP contribution in [0.3, 0.4) is 0 Å². The van der Waals surface area contributed by atoms with E-state index in [0.717, 1.165) is 54.9 Å². The number of hydrogen-bond donors (Lipinski definition) is 0. The van der Waals surface area contributed by atoms with E-state index in [0.29, 0.717) is 5.75 Å². The molecule has 1 aromatic heterocycles. The number of rotatable bonds is 5. The molecule has 1 unspecified atom stereocenters. The number of aromatic nitrogens is 1. The standard InChI is InChI=1S/C17H23N3OS2/c1-15-14-22-17(18-15)20-9-5-8-19(10-11-20)12-13-23(21)16-6-3-2-4-7-16/h2-4,6-7,14H,5,8-13H2,1H3. The first kappa shape index (κ1) is 16.6. The molecule has 0 spiro atoms. The molecule has 1 saturated heterocycles. The van der Waals surface area contributed by atoms with Crippen molar-refractivity contribution < 1.29 is 4.21 Å². The topological polar surface area (TPSA) is 36.4 Å². The van der Waals surface area contributed by atoms with Gasteiger partial charge in [0.1, 0.15) is 0 Å². The Morgan fingerprint density at radius 3 is 2.74 bits per heavy atom. The molecular formula is C17H23N3OS2. The van der Waals surface area contributed by atoms with Crippen LogP contribution in [0.1, 0.15) is 12.1 Å². The van der Waals surface area contributed by atoms with E-state index in [-0.39, 0.29) is 0 Å². The third kappa shape index (κ3) is 4.62. The Kier molecular flexibility index (Phi) is 5.80. The molecule has 0 saturated carbocycles. The van der Waals surface area contributed by atoms with Crippen molar-refractivity contribution in [1.82, 2.24) is 9.88 Å². The highest BCUT2D eigenvalue weighted by molar-refractivity contribution is 7.85. The van der Waals surface area contributed by atoms with Gasteiger partial charge in [-0.1, -0.05) is 18.2 Å². The minimum atomic E-state index is -0.898. The van der Waals surface area contributed by atoms with Gasteiger partial charge in [-0.3, -0.25) is 4.21 Å². The predicted octanol–water partition coefficient (Wildman–Crippen LogP) is 2.77. The number of hydrogen-bond acceptors (Lipinski definition) is 5. The van der Waals surface area contributed by atoms with Gasteiger partial charge >= 0.3 is 0 Å². The van der Waals surface area contributed by atoms with Crippen LogP contribution >= 0.6 is 11.3 Å². The van der Waals surface area contributed by atoms with Crippen molar-refractivity contribution in [3.63, 3.8) is 0 Å². The maximum absolute atomic E-state index is 12.3. The highest BCUT2D eigenvalue weighted by Crippen LogP contribution is 2.21. The Bertz CT molecular complexity index is 644. The SMILES string of the molecule is Cc1csc(N2CCCN(CCS(=O)c3ccccc3)CC2)n1. The summed E-state index contributed by atoms with van der Waals surface area (Å²) >= 11 is 1.73. The maximum Gasteiger partial charge on any atom is 0.185 e. The van der Waals surface area contributed by atoms with E-state index < -0.39 is 10.8 Å². The number of thiazole rings is 1. The lowest BCUT2D eigenvalue weighted by Crippen LogP contribution is -2.33. The normalized spacial score (nSPS) is 17.9. The minimum absolute atomic E-state index is 0.709. The molecule has 0 bridgehead atoms. The molecule has 124 valence electrons. The third-order valence-corrected chi connectivity index (χ3v) is 6.44. The fourth-order valence-corrected chi connectivity index (χ4v) is 4.75. The van der Waals surface area contributed by atoms with Crippen molar-refractivity contribution in [3.8, 4) is 0 Å². The average molecular weight is 350 g/mol. The van der Waals surface area contributed by atoms with Gasteiger partial charge in [0, 0.05) is 42.2 Å². The molecule has 3 rings (SSSR count). The minimum Gasteiger partial charge on any atom is -0.347 e. The molecule has 23 heavy (non-hydrogen) atoms. The molecule has 4 nitrogen and oxygen atoms in total. The van der Waals surface area contributed by atoms with Crippen LogP contribution < -0.4 is 4.90 Å². The van der Waals surface area contributed by atoms with E-state index in [4.69, 9.17) is 0 Å². The van der Waals surface area contributed by atoms with Gasteiger partial charge in [-0.25, -0.2) is 4.98 Å². The van der Waals surface area contributed by atoms with Gasteiger partial charge in [-0.05, 0) is 32.0 Å². The van der Waals surface area contributed by atoms with Gasteiger partial charge in [0.15, 0.2) is 5.13 Å². The molecular weight excluding hydrogens is 326 g/mol. The zero-order valence-electron chi connectivity index (χ0n) is 13.5. The first-order valence-corrected chi connectivity index (χ1v) is 10.2. The van der Waals surface area contributed by atoms with Gasteiger partial charge in [0.25, 0.3) is 0 Å². The Morgan fingerprint density at radius 1 is 1.17 bits per heavy atom. The second-order valence-electron chi connectivity index (χ2n) is 5.82. The van der Waals surface area contributed by atoms with E-state index >= 15 is 0 Å². The molecule has 6 heteroatoms. The van der Waals surface area contributed by atoms with Gasteiger partial charge in [-0.15, -0.1) is 11.3 Å². The summed E-state index contributed by atoms with van der Waals surface area (Å²) in [5.74, 6) is 0.709. The van der Waals surface area contributed by atoms with Gasteiger partial charge in [0.05, 0.1) is 16.5 Å². The summed E-state index contributed by atoms with van der Waals surface area (Å²) in [4.78, 5) is 10.3. The smallest absolute Gasteiger partial charge is 0.185 e. The predicted molar refractivity (Wildman–Crippen MR) is 97.8 cm³/mol. The van der Waals surface area contributed by atoms with Crippen molar-refractivity contribution in [2.75, 3.05) is 43.4 Å². The van der Waals surface area contributed by atoms with Crippen molar-refractivity contribution in [1.29, 1.82) is 0 Å². The first-order valence-electron chi connectivity index (χ1n) is 8.05. The average Bonchev–Trinajstić information content (AvgIpc) is 2.87. The van der Waals surface area contributed by atoms with Crippen LogP contribution in [-0.4, -0.2) is 52.6 Å². The quantitative estimate of drug-likeness (QED) is 0.832. The number of anilines is 1. The second-order valence-corrected chi connectivity index (χ2v) is 8.22. The van der Waals surface area contributed by atoms with Gasteiger partial charge in [-0.2, -0.15) is 0 Å². The Hall–Kier alpha value is -1.24. The Labute approximate surface area is 144 Å². The maximum atomic E-state index is 12.3. The number of aryl methyl sites for hydroxylation is 1. The number of nitrogens with zero attached hydrogens (tertiary/aromatic N) is 3. The molecule has 0 aliphatic carbocycles. The van der Waals surface area contributed by atoms with E-state index in [1.54, 1.807) is 11.3 Å². The molecule has 1 atom stereocenters. The number of benzene rings is 1. The zero-order chi connectivity index (χ0) is 16.1. The van der Waals surface area contributed by atoms with Crippen LogP contribution in [0.4, 0.5) is 5.13 Å². The Balaban J connectivity index is 1.49. The third-order valence-electron chi connectivity index (χ3n) is 4.06. The van der Waals surface area contributed by atoms with E-state index in [1.807, 2.05) is 37.3 Å². The fourth-order valence-electron chi connectivity index (χ4n) is 2.77. The van der Waals surface area contributed by atoms with Crippen LogP contribution in [0.2, 0.25) is 0 Å². The first-order chi connectivity index (χ1) is 11.2. The molecule has 2 heterocycles. The summed E-state index contributed by atoms with van der Waals surface area (Å²) < 4.78 is 12.3. The second kappa shape index (κ2) is 8.04. The van der Waals surface area contributed by atoms with Crippen LogP contribution in [0.5, 0.6) is 0 Å². The Morgan fingerprint density at radius 2 is 2.00 bits per heavy atom. The summed E-state index contributed by atoms with van der Waals surface area (Å²) in [7, 11) is -0.898. The van der Waals surface area contributed by atoms with Crippen LogP contribution in [-0.2, 0) is 10.8 Å². The molecule has 1 aliphatic heterocycles. The van der Waals surface area contributed by atoms with Crippen molar-refractivity contribution >= 4 is 27.3 Å². The molecule has 1 fully saturated rings. The fraction of sp³-hybridized carbons (Fsp3) is 0.471. The summed E-state index contributed by atoms with van der Waals surface area (Å²) in [6.07, 6.45) is 1.14. The highest BCUT2D eigenvalue weighted by atomic mass is 32.2. The molecule has 1 aliphatic rings. The lowest BCUT2D eigenvalue weighted by atomic mass is 10.4. The van der Waals surface area contributed by atoms with Gasteiger partial charge in [0.2, 0.25) is 0 Å². The van der Waals surface area contributed by atoms with Crippen LogP contribution in [0.25, 0.3) is 0 Å². The van der Waals surface area contributed by atoms with E-state index in [9.17, 15) is 4.21 Å². The summed E-state index contributed by atoms with van der Waals surface area (Å²) in [6.45, 7) is 7.10. The van der Waals surface area contributed by atoms with Crippen molar-refractivity contribution in [2.24, 2.45) is 0 Å². The molecule has 1 aromatic carbocycles. The molecule has 0 N–H and O–H groups in total. The van der Waals surface area contributed by atoms with E-state index in [1.165, 1.54) is 0 Å². The van der Waals surface area contributed by atoms with Crippen molar-refractivity contribution in [3.05, 3.63) is 41.4 Å². The highest BCUT2D eigenvalue weighted by Gasteiger charge is 2.17. The zero-order valence-corrected chi connectivity index (χ0v) is 15.1.